The van der Waals surface area contributed by atoms with E-state index in [9.17, 15) is 0 Å². The lowest BCUT2D eigenvalue weighted by molar-refractivity contribution is 0.254. The van der Waals surface area contributed by atoms with E-state index in [1.165, 1.54) is 25.8 Å². The van der Waals surface area contributed by atoms with Gasteiger partial charge in [-0.2, -0.15) is 5.26 Å². The molecule has 3 unspecified atom stereocenters. The lowest BCUT2D eigenvalue weighted by atomic mass is 10.1. The van der Waals surface area contributed by atoms with Crippen LogP contribution in [0.5, 0.6) is 0 Å². The van der Waals surface area contributed by atoms with Crippen molar-refractivity contribution in [2.75, 3.05) is 13.1 Å². The summed E-state index contributed by atoms with van der Waals surface area (Å²) in [7, 11) is 0. The average Bonchev–Trinajstić information content (AvgIpc) is 3.00. The summed E-state index contributed by atoms with van der Waals surface area (Å²) in [6.07, 6.45) is 4.81. The van der Waals surface area contributed by atoms with Crippen molar-refractivity contribution in [3.63, 3.8) is 0 Å². The highest BCUT2D eigenvalue weighted by atomic mass is 15.2. The maximum absolute atomic E-state index is 9.06. The molecule has 0 aromatic carbocycles. The Hall–Kier alpha value is -0.590. The van der Waals surface area contributed by atoms with Crippen LogP contribution < -0.4 is 5.32 Å². The lowest BCUT2D eigenvalue weighted by Gasteiger charge is -2.22. The fourth-order valence-electron chi connectivity index (χ4n) is 2.71. The van der Waals surface area contributed by atoms with Crippen molar-refractivity contribution in [2.45, 2.75) is 57.7 Å². The summed E-state index contributed by atoms with van der Waals surface area (Å²) < 4.78 is 0. The minimum Gasteiger partial charge on any atom is -0.300 e. The van der Waals surface area contributed by atoms with Crippen molar-refractivity contribution in [3.05, 3.63) is 0 Å². The predicted octanol–water partition coefficient (Wildman–Crippen LogP) is 1.75. The van der Waals surface area contributed by atoms with Gasteiger partial charge in [-0.25, -0.2) is 0 Å². The molecule has 1 aliphatic carbocycles. The molecule has 1 heterocycles. The van der Waals surface area contributed by atoms with Crippen molar-refractivity contribution in [2.24, 2.45) is 5.92 Å². The van der Waals surface area contributed by atoms with Gasteiger partial charge >= 0.3 is 0 Å². The minimum atomic E-state index is 0.0654. The number of hydrogen-bond acceptors (Lipinski definition) is 3. The number of rotatable bonds is 5. The van der Waals surface area contributed by atoms with Crippen LogP contribution in [0.2, 0.25) is 0 Å². The first-order valence-electron chi connectivity index (χ1n) is 6.58. The molecule has 2 fully saturated rings. The molecule has 3 nitrogen and oxygen atoms in total. The molecule has 1 N–H and O–H groups in total. The van der Waals surface area contributed by atoms with E-state index in [2.05, 4.69) is 30.1 Å². The van der Waals surface area contributed by atoms with Gasteiger partial charge in [-0.3, -0.25) is 5.32 Å². The number of nitriles is 1. The minimum absolute atomic E-state index is 0.0654. The number of nitrogens with zero attached hydrogens (tertiary/aromatic N) is 2. The third-order valence-electron chi connectivity index (χ3n) is 3.79. The van der Waals surface area contributed by atoms with Crippen LogP contribution in [-0.2, 0) is 0 Å². The Bertz CT molecular complexity index is 267. The first-order chi connectivity index (χ1) is 7.69. The van der Waals surface area contributed by atoms with Gasteiger partial charge in [0.25, 0.3) is 0 Å². The van der Waals surface area contributed by atoms with Crippen LogP contribution in [0.15, 0.2) is 0 Å². The number of nitrogens with one attached hydrogen (secondary N) is 1. The van der Waals surface area contributed by atoms with Crippen molar-refractivity contribution in [3.8, 4) is 6.07 Å². The van der Waals surface area contributed by atoms with Crippen LogP contribution in [0.3, 0.4) is 0 Å². The number of hydrogen-bond donors (Lipinski definition) is 1. The quantitative estimate of drug-likeness (QED) is 0.769. The normalized spacial score (nSPS) is 32.6. The molecule has 1 saturated carbocycles. The third-order valence-corrected chi connectivity index (χ3v) is 3.79. The Kier molecular flexibility index (Phi) is 3.83. The van der Waals surface area contributed by atoms with E-state index in [0.29, 0.717) is 12.1 Å². The molecule has 2 aliphatic rings. The fraction of sp³-hybridized carbons (Fsp3) is 0.923. The Morgan fingerprint density at radius 2 is 2.19 bits per heavy atom. The maximum Gasteiger partial charge on any atom is 0.0967 e. The van der Waals surface area contributed by atoms with Crippen LogP contribution in [0.25, 0.3) is 0 Å². The van der Waals surface area contributed by atoms with Crippen LogP contribution in [0.4, 0.5) is 0 Å². The molecule has 3 heteroatoms. The van der Waals surface area contributed by atoms with Crippen molar-refractivity contribution < 1.29 is 0 Å². The van der Waals surface area contributed by atoms with Gasteiger partial charge in [-0.15, -0.1) is 0 Å². The van der Waals surface area contributed by atoms with E-state index >= 15 is 0 Å². The highest BCUT2D eigenvalue weighted by Gasteiger charge is 2.28. The maximum atomic E-state index is 9.06. The molecule has 1 aliphatic heterocycles. The molecule has 3 atom stereocenters. The van der Waals surface area contributed by atoms with Gasteiger partial charge in [-0.1, -0.05) is 6.92 Å². The Morgan fingerprint density at radius 3 is 2.69 bits per heavy atom. The second-order valence-corrected chi connectivity index (χ2v) is 5.60. The predicted molar refractivity (Wildman–Crippen MR) is 65.0 cm³/mol. The Morgan fingerprint density at radius 1 is 1.44 bits per heavy atom. The van der Waals surface area contributed by atoms with Crippen LogP contribution in [0, 0.1) is 17.2 Å². The molecule has 0 spiro atoms. The number of likely N-dealkylation sites (tertiary alicyclic amines) is 1. The van der Waals surface area contributed by atoms with Gasteiger partial charge < -0.3 is 4.90 Å². The second kappa shape index (κ2) is 5.16. The molecular formula is C13H23N3. The summed E-state index contributed by atoms with van der Waals surface area (Å²) in [5.41, 5.74) is 0. The molecule has 0 aromatic rings. The highest BCUT2D eigenvalue weighted by molar-refractivity contribution is 4.96. The van der Waals surface area contributed by atoms with E-state index < -0.39 is 0 Å². The Balaban J connectivity index is 1.70. The summed E-state index contributed by atoms with van der Waals surface area (Å²) in [5.74, 6) is 0.826. The zero-order chi connectivity index (χ0) is 11.5. The summed E-state index contributed by atoms with van der Waals surface area (Å²) in [6.45, 7) is 6.91. The molecular weight excluding hydrogens is 198 g/mol. The summed E-state index contributed by atoms with van der Waals surface area (Å²) in [6, 6.07) is 3.79. The van der Waals surface area contributed by atoms with Gasteiger partial charge in [0.05, 0.1) is 12.1 Å². The molecule has 0 amide bonds. The van der Waals surface area contributed by atoms with E-state index in [1.54, 1.807) is 0 Å². The Labute approximate surface area is 98.8 Å². The molecule has 0 bridgehead atoms. The molecule has 16 heavy (non-hydrogen) atoms. The van der Waals surface area contributed by atoms with E-state index in [0.717, 1.165) is 18.9 Å². The SMILES string of the molecule is CC1CC(C)N(CCC(C#N)NC2CC2)C1. The van der Waals surface area contributed by atoms with Gasteiger partial charge in [0.1, 0.15) is 0 Å². The van der Waals surface area contributed by atoms with Crippen molar-refractivity contribution >= 4 is 0 Å². The van der Waals surface area contributed by atoms with Gasteiger partial charge in [-0.05, 0) is 38.5 Å². The van der Waals surface area contributed by atoms with E-state index in [4.69, 9.17) is 5.26 Å². The first kappa shape index (κ1) is 11.9. The molecule has 90 valence electrons. The smallest absolute Gasteiger partial charge is 0.0967 e. The summed E-state index contributed by atoms with van der Waals surface area (Å²) in [5, 5.41) is 12.5. The van der Waals surface area contributed by atoms with Crippen molar-refractivity contribution in [1.29, 1.82) is 5.26 Å². The van der Waals surface area contributed by atoms with Gasteiger partial charge in [0.15, 0.2) is 0 Å². The molecule has 2 rings (SSSR count). The van der Waals surface area contributed by atoms with Crippen molar-refractivity contribution in [1.82, 2.24) is 10.2 Å². The van der Waals surface area contributed by atoms with Gasteiger partial charge in [0, 0.05) is 25.2 Å². The zero-order valence-corrected chi connectivity index (χ0v) is 10.4. The lowest BCUT2D eigenvalue weighted by Crippen LogP contribution is -2.36. The van der Waals surface area contributed by atoms with Gasteiger partial charge in [0.2, 0.25) is 0 Å². The van der Waals surface area contributed by atoms with E-state index in [-0.39, 0.29) is 6.04 Å². The average molecular weight is 221 g/mol. The van der Waals surface area contributed by atoms with Crippen LogP contribution >= 0.6 is 0 Å². The standard InChI is InChI=1S/C13H23N3/c1-10-7-11(2)16(9-10)6-5-13(8-14)15-12-3-4-12/h10-13,15H,3-7,9H2,1-2H3. The summed E-state index contributed by atoms with van der Waals surface area (Å²) >= 11 is 0. The first-order valence-corrected chi connectivity index (χ1v) is 6.58. The monoisotopic (exact) mass is 221 g/mol. The molecule has 1 saturated heterocycles. The van der Waals surface area contributed by atoms with Crippen LogP contribution in [0.1, 0.15) is 39.5 Å². The largest absolute Gasteiger partial charge is 0.300 e. The molecule has 0 aromatic heterocycles. The topological polar surface area (TPSA) is 39.1 Å². The second-order valence-electron chi connectivity index (χ2n) is 5.60. The van der Waals surface area contributed by atoms with E-state index in [1.807, 2.05) is 0 Å². The van der Waals surface area contributed by atoms with Crippen LogP contribution in [-0.4, -0.2) is 36.1 Å². The highest BCUT2D eigenvalue weighted by Crippen LogP contribution is 2.23. The third kappa shape index (κ3) is 3.20. The zero-order valence-electron chi connectivity index (χ0n) is 10.4. The summed E-state index contributed by atoms with van der Waals surface area (Å²) in [4.78, 5) is 2.53. The fourth-order valence-corrected chi connectivity index (χ4v) is 2.71. The molecule has 0 radical (unpaired) electrons.